The summed E-state index contributed by atoms with van der Waals surface area (Å²) in [5.41, 5.74) is 2.02. The van der Waals surface area contributed by atoms with E-state index in [0.29, 0.717) is 28.2 Å². The maximum Gasteiger partial charge on any atom is 0.296 e. The highest BCUT2D eigenvalue weighted by atomic mass is 19.1. The molecule has 0 saturated heterocycles. The van der Waals surface area contributed by atoms with Crippen LogP contribution in [0.4, 0.5) is 14.5 Å². The van der Waals surface area contributed by atoms with E-state index in [2.05, 4.69) is 10.3 Å². The first-order valence-corrected chi connectivity index (χ1v) is 9.76. The Morgan fingerprint density at radius 2 is 1.88 bits per heavy atom. The first-order valence-electron chi connectivity index (χ1n) is 9.76. The summed E-state index contributed by atoms with van der Waals surface area (Å²) in [5, 5.41) is 3.13. The van der Waals surface area contributed by atoms with Gasteiger partial charge in [-0.2, -0.15) is 0 Å². The smallest absolute Gasteiger partial charge is 0.296 e. The summed E-state index contributed by atoms with van der Waals surface area (Å²) in [6.45, 7) is 1.77. The highest BCUT2D eigenvalue weighted by molar-refractivity contribution is 6.48. The van der Waals surface area contributed by atoms with Gasteiger partial charge in [0.2, 0.25) is 5.88 Å². The van der Waals surface area contributed by atoms with E-state index in [1.165, 1.54) is 31.5 Å². The molecular formula is C24H19F2N3O3. The van der Waals surface area contributed by atoms with Gasteiger partial charge < -0.3 is 14.6 Å². The van der Waals surface area contributed by atoms with E-state index in [0.717, 1.165) is 6.07 Å². The summed E-state index contributed by atoms with van der Waals surface area (Å²) in [4.78, 5) is 29.8. The Kier molecular flexibility index (Phi) is 5.68. The van der Waals surface area contributed by atoms with E-state index in [-0.39, 0.29) is 17.7 Å². The molecule has 0 unspecified atom stereocenters. The molecule has 0 aliphatic carbocycles. The zero-order chi connectivity index (χ0) is 22.8. The third-order valence-electron chi connectivity index (χ3n) is 5.21. The molecule has 8 heteroatoms. The highest BCUT2D eigenvalue weighted by Gasteiger charge is 2.25. The minimum atomic E-state index is -0.822. The Balaban J connectivity index is 1.71. The van der Waals surface area contributed by atoms with Crippen LogP contribution in [0.25, 0.3) is 10.9 Å². The number of ketones is 1. The number of anilines is 1. The second-order valence-corrected chi connectivity index (χ2v) is 7.17. The zero-order valence-electron chi connectivity index (χ0n) is 17.4. The van der Waals surface area contributed by atoms with Gasteiger partial charge in [-0.1, -0.05) is 24.3 Å². The highest BCUT2D eigenvalue weighted by Crippen LogP contribution is 2.28. The van der Waals surface area contributed by atoms with E-state index in [9.17, 15) is 18.4 Å². The molecule has 0 spiro atoms. The molecule has 4 aromatic rings. The number of fused-ring (bicyclic) bond motifs is 1. The van der Waals surface area contributed by atoms with Crippen LogP contribution in [0.15, 0.2) is 60.8 Å². The monoisotopic (exact) mass is 435 g/mol. The number of nitrogens with one attached hydrogen (secondary N) is 1. The predicted molar refractivity (Wildman–Crippen MR) is 116 cm³/mol. The number of aromatic nitrogens is 2. The molecule has 2 aromatic carbocycles. The summed E-state index contributed by atoms with van der Waals surface area (Å²) in [6.07, 6.45) is 1.45. The van der Waals surface area contributed by atoms with Crippen LogP contribution >= 0.6 is 0 Å². The van der Waals surface area contributed by atoms with Crippen LogP contribution in [0, 0.1) is 18.6 Å². The van der Waals surface area contributed by atoms with E-state index in [1.54, 1.807) is 41.8 Å². The molecule has 0 fully saturated rings. The van der Waals surface area contributed by atoms with Crippen molar-refractivity contribution in [3.63, 3.8) is 0 Å². The molecule has 0 bridgehead atoms. The molecule has 32 heavy (non-hydrogen) atoms. The van der Waals surface area contributed by atoms with Crippen molar-refractivity contribution < 1.29 is 23.1 Å². The van der Waals surface area contributed by atoms with Crippen molar-refractivity contribution in [1.82, 2.24) is 9.55 Å². The molecular weight excluding hydrogens is 416 g/mol. The van der Waals surface area contributed by atoms with E-state index in [4.69, 9.17) is 4.74 Å². The van der Waals surface area contributed by atoms with Gasteiger partial charge in [0, 0.05) is 46.2 Å². The summed E-state index contributed by atoms with van der Waals surface area (Å²) in [5.74, 6) is -2.60. The summed E-state index contributed by atoms with van der Waals surface area (Å²) < 4.78 is 34.3. The van der Waals surface area contributed by atoms with Gasteiger partial charge in [0.25, 0.3) is 11.7 Å². The van der Waals surface area contributed by atoms with Crippen LogP contribution in [0.5, 0.6) is 5.88 Å². The van der Waals surface area contributed by atoms with Gasteiger partial charge in [-0.25, -0.2) is 13.8 Å². The van der Waals surface area contributed by atoms with Gasteiger partial charge in [0.1, 0.15) is 11.6 Å². The van der Waals surface area contributed by atoms with Crippen LogP contribution < -0.4 is 10.1 Å². The number of pyridine rings is 1. The standard InChI is InChI=1S/C24H19F2N3O3/c1-14-22(23(30)24(31)28-17-9-10-27-21(12-17)32-2)18-5-3-4-6-20(18)29(14)13-15-7-8-16(25)11-19(15)26/h3-12H,13H2,1-2H3,(H,27,28,31). The van der Waals surface area contributed by atoms with Crippen LogP contribution in [0.1, 0.15) is 21.6 Å². The van der Waals surface area contributed by atoms with Gasteiger partial charge in [-0.05, 0) is 25.1 Å². The molecule has 1 N–H and O–H groups in total. The fourth-order valence-corrected chi connectivity index (χ4v) is 3.64. The molecule has 1 amide bonds. The fraction of sp³-hybridized carbons (Fsp3) is 0.125. The largest absolute Gasteiger partial charge is 0.481 e. The lowest BCUT2D eigenvalue weighted by atomic mass is 10.1. The number of rotatable bonds is 6. The van der Waals surface area contributed by atoms with E-state index < -0.39 is 23.3 Å². The molecule has 2 aromatic heterocycles. The van der Waals surface area contributed by atoms with Gasteiger partial charge >= 0.3 is 0 Å². The van der Waals surface area contributed by atoms with Gasteiger partial charge in [0.15, 0.2) is 0 Å². The summed E-state index contributed by atoms with van der Waals surface area (Å²) >= 11 is 0. The Hall–Kier alpha value is -4.07. The number of methoxy groups -OCH3 is 1. The fourth-order valence-electron chi connectivity index (χ4n) is 3.64. The number of ether oxygens (including phenoxy) is 1. The molecule has 0 radical (unpaired) electrons. The third kappa shape index (κ3) is 3.94. The molecule has 6 nitrogen and oxygen atoms in total. The number of Topliss-reactive ketones (excluding diaryl/α,β-unsaturated/α-hetero) is 1. The van der Waals surface area contributed by atoms with E-state index >= 15 is 0 Å². The van der Waals surface area contributed by atoms with Crippen molar-refractivity contribution in [1.29, 1.82) is 0 Å². The van der Waals surface area contributed by atoms with E-state index in [1.807, 2.05) is 0 Å². The SMILES string of the molecule is COc1cc(NC(=O)C(=O)c2c(C)n(Cc3ccc(F)cc3F)c3ccccc23)ccn1. The number of benzene rings is 2. The Labute approximate surface area is 182 Å². The third-order valence-corrected chi connectivity index (χ3v) is 5.21. The average Bonchev–Trinajstić information content (AvgIpc) is 3.06. The van der Waals surface area contributed by atoms with Crippen molar-refractivity contribution in [2.75, 3.05) is 12.4 Å². The van der Waals surface area contributed by atoms with Crippen LogP contribution in [-0.2, 0) is 11.3 Å². The van der Waals surface area contributed by atoms with Crippen molar-refractivity contribution in [3.8, 4) is 5.88 Å². The first-order chi connectivity index (χ1) is 15.4. The molecule has 0 aliphatic heterocycles. The number of hydrogen-bond donors (Lipinski definition) is 1. The van der Waals surface area contributed by atoms with Crippen LogP contribution in [0.2, 0.25) is 0 Å². The molecule has 4 rings (SSSR count). The number of hydrogen-bond acceptors (Lipinski definition) is 4. The van der Waals surface area contributed by atoms with Crippen molar-refractivity contribution in [3.05, 3.63) is 89.2 Å². The zero-order valence-corrected chi connectivity index (χ0v) is 17.4. The normalized spacial score (nSPS) is 10.9. The number of halogens is 2. The average molecular weight is 435 g/mol. The number of para-hydroxylation sites is 1. The lowest BCUT2D eigenvalue weighted by molar-refractivity contribution is -0.112. The molecule has 0 aliphatic rings. The number of carbonyl (C=O) groups is 2. The van der Waals surface area contributed by atoms with Crippen LogP contribution in [0.3, 0.4) is 0 Å². The quantitative estimate of drug-likeness (QED) is 0.358. The van der Waals surface area contributed by atoms with Crippen LogP contribution in [-0.4, -0.2) is 28.4 Å². The topological polar surface area (TPSA) is 73.2 Å². The van der Waals surface area contributed by atoms with Gasteiger partial charge in [-0.15, -0.1) is 0 Å². The second kappa shape index (κ2) is 8.58. The summed E-state index contributed by atoms with van der Waals surface area (Å²) in [6, 6.07) is 13.5. The summed E-state index contributed by atoms with van der Waals surface area (Å²) in [7, 11) is 1.45. The molecule has 162 valence electrons. The minimum absolute atomic E-state index is 0.0783. The lowest BCUT2D eigenvalue weighted by Gasteiger charge is -2.10. The van der Waals surface area contributed by atoms with Gasteiger partial charge in [0.05, 0.1) is 19.2 Å². The number of amides is 1. The van der Waals surface area contributed by atoms with Crippen molar-refractivity contribution in [2.45, 2.75) is 13.5 Å². The number of carbonyl (C=O) groups excluding carboxylic acids is 2. The maximum atomic E-state index is 14.3. The Morgan fingerprint density at radius 3 is 2.62 bits per heavy atom. The molecule has 2 heterocycles. The predicted octanol–water partition coefficient (Wildman–Crippen LogP) is 4.50. The molecule has 0 saturated carbocycles. The van der Waals surface area contributed by atoms with Gasteiger partial charge in [-0.3, -0.25) is 9.59 Å². The molecule has 0 atom stereocenters. The number of nitrogens with zero attached hydrogens (tertiary/aromatic N) is 2. The Bertz CT molecular complexity index is 1350. The maximum absolute atomic E-state index is 14.3. The van der Waals surface area contributed by atoms with Crippen molar-refractivity contribution >= 4 is 28.3 Å². The van der Waals surface area contributed by atoms with Crippen molar-refractivity contribution in [2.24, 2.45) is 0 Å². The minimum Gasteiger partial charge on any atom is -0.481 e. The first kappa shape index (κ1) is 21.2. The Morgan fingerprint density at radius 1 is 1.09 bits per heavy atom. The lowest BCUT2D eigenvalue weighted by Crippen LogP contribution is -2.23. The second-order valence-electron chi connectivity index (χ2n) is 7.17.